The minimum Gasteiger partial charge on any atom is -0.387 e. The van der Waals surface area contributed by atoms with Crippen LogP contribution < -0.4 is 0 Å². The highest BCUT2D eigenvalue weighted by Gasteiger charge is 2.63. The molecule has 0 unspecified atom stereocenters. The van der Waals surface area contributed by atoms with Crippen molar-refractivity contribution in [1.82, 2.24) is 0 Å². The van der Waals surface area contributed by atoms with Gasteiger partial charge in [-0.25, -0.2) is 0 Å². The smallest absolute Gasteiger partial charge is 0.164 e. The number of rotatable bonds is 4. The van der Waals surface area contributed by atoms with Crippen molar-refractivity contribution in [2.24, 2.45) is 0 Å². The maximum absolute atomic E-state index is 10.6. The first-order valence-corrected chi connectivity index (χ1v) is 8.25. The third kappa shape index (κ3) is 2.92. The van der Waals surface area contributed by atoms with Gasteiger partial charge in [0.2, 0.25) is 0 Å². The molecule has 6 atom stereocenters. The van der Waals surface area contributed by atoms with Gasteiger partial charge in [-0.05, 0) is 34.1 Å². The second kappa shape index (κ2) is 5.69. The lowest BCUT2D eigenvalue weighted by Crippen LogP contribution is -2.62. The van der Waals surface area contributed by atoms with Gasteiger partial charge in [-0.1, -0.05) is 13.3 Å². The van der Waals surface area contributed by atoms with E-state index in [1.165, 1.54) is 0 Å². The van der Waals surface area contributed by atoms with Gasteiger partial charge in [0, 0.05) is 6.61 Å². The fourth-order valence-electron chi connectivity index (χ4n) is 3.60. The first kappa shape index (κ1) is 16.6. The largest absolute Gasteiger partial charge is 0.387 e. The van der Waals surface area contributed by atoms with Crippen molar-refractivity contribution in [2.45, 2.75) is 95.7 Å². The molecule has 128 valence electrons. The fourth-order valence-corrected chi connectivity index (χ4v) is 3.60. The van der Waals surface area contributed by atoms with E-state index in [1.54, 1.807) is 0 Å². The first-order chi connectivity index (χ1) is 10.2. The Balaban J connectivity index is 1.83. The number of fused-ring (bicyclic) bond motifs is 2. The predicted molar refractivity (Wildman–Crippen MR) is 78.3 cm³/mol. The zero-order valence-corrected chi connectivity index (χ0v) is 14.1. The Kier molecular flexibility index (Phi) is 4.29. The molecule has 0 radical (unpaired) electrons. The summed E-state index contributed by atoms with van der Waals surface area (Å²) < 4.78 is 29.8. The molecule has 0 spiro atoms. The van der Waals surface area contributed by atoms with Crippen LogP contribution in [-0.4, -0.2) is 59.9 Å². The van der Waals surface area contributed by atoms with Crippen molar-refractivity contribution in [2.75, 3.05) is 6.61 Å². The summed E-state index contributed by atoms with van der Waals surface area (Å²) in [6.07, 6.45) is -0.661. The van der Waals surface area contributed by atoms with Gasteiger partial charge in [0.25, 0.3) is 0 Å². The highest BCUT2D eigenvalue weighted by molar-refractivity contribution is 5.08. The van der Waals surface area contributed by atoms with Crippen molar-refractivity contribution in [3.63, 3.8) is 0 Å². The number of hydrogen-bond acceptors (Lipinski definition) is 6. The Labute approximate surface area is 132 Å². The third-order valence-electron chi connectivity index (χ3n) is 4.46. The van der Waals surface area contributed by atoms with Crippen LogP contribution in [0.2, 0.25) is 0 Å². The Morgan fingerprint density at radius 3 is 1.77 bits per heavy atom. The molecule has 0 bridgehead atoms. The van der Waals surface area contributed by atoms with E-state index >= 15 is 0 Å². The summed E-state index contributed by atoms with van der Waals surface area (Å²) >= 11 is 0. The van der Waals surface area contributed by atoms with Crippen LogP contribution in [0.25, 0.3) is 0 Å². The molecule has 3 fully saturated rings. The first-order valence-electron chi connectivity index (χ1n) is 8.25. The molecule has 3 aliphatic rings. The summed E-state index contributed by atoms with van der Waals surface area (Å²) in [6.45, 7) is 10.2. The van der Waals surface area contributed by atoms with E-state index in [2.05, 4.69) is 6.92 Å². The molecule has 2 saturated heterocycles. The number of aliphatic hydroxyl groups excluding tert-OH is 1. The van der Waals surface area contributed by atoms with E-state index in [4.69, 9.17) is 23.7 Å². The Bertz CT molecular complexity index is 377. The van der Waals surface area contributed by atoms with Crippen LogP contribution in [0.15, 0.2) is 0 Å². The van der Waals surface area contributed by atoms with Crippen molar-refractivity contribution in [1.29, 1.82) is 0 Å². The summed E-state index contributed by atoms with van der Waals surface area (Å²) in [5, 5.41) is 10.6. The monoisotopic (exact) mass is 316 g/mol. The van der Waals surface area contributed by atoms with Gasteiger partial charge in [0.1, 0.15) is 36.6 Å². The minimum absolute atomic E-state index is 0.298. The lowest BCUT2D eigenvalue weighted by Gasteiger charge is -2.40. The molecule has 2 heterocycles. The van der Waals surface area contributed by atoms with Crippen molar-refractivity contribution in [3.05, 3.63) is 0 Å². The van der Waals surface area contributed by atoms with Gasteiger partial charge in [-0.3, -0.25) is 0 Å². The lowest BCUT2D eigenvalue weighted by molar-refractivity contribution is -0.188. The number of unbranched alkanes of at least 4 members (excludes halogenated alkanes) is 1. The zero-order valence-electron chi connectivity index (χ0n) is 14.1. The van der Waals surface area contributed by atoms with E-state index in [0.717, 1.165) is 12.8 Å². The molecule has 0 aromatic carbocycles. The molecule has 1 aliphatic carbocycles. The number of ether oxygens (including phenoxy) is 5. The zero-order chi connectivity index (χ0) is 16.1. The molecule has 0 aromatic heterocycles. The molecular weight excluding hydrogens is 288 g/mol. The Morgan fingerprint density at radius 2 is 1.32 bits per heavy atom. The van der Waals surface area contributed by atoms with Crippen LogP contribution in [0.4, 0.5) is 0 Å². The van der Waals surface area contributed by atoms with Crippen LogP contribution in [0.1, 0.15) is 47.5 Å². The van der Waals surface area contributed by atoms with Crippen molar-refractivity contribution in [3.8, 4) is 0 Å². The van der Waals surface area contributed by atoms with Gasteiger partial charge >= 0.3 is 0 Å². The maximum Gasteiger partial charge on any atom is 0.164 e. The van der Waals surface area contributed by atoms with E-state index in [9.17, 15) is 5.11 Å². The predicted octanol–water partition coefficient (Wildman–Crippen LogP) is 1.59. The molecule has 1 N–H and O–H groups in total. The van der Waals surface area contributed by atoms with Crippen molar-refractivity contribution < 1.29 is 28.8 Å². The van der Waals surface area contributed by atoms with Gasteiger partial charge < -0.3 is 28.8 Å². The van der Waals surface area contributed by atoms with Crippen LogP contribution in [0.5, 0.6) is 0 Å². The fraction of sp³-hybridized carbons (Fsp3) is 1.00. The molecule has 0 amide bonds. The maximum atomic E-state index is 10.6. The number of hydrogen-bond donors (Lipinski definition) is 1. The van der Waals surface area contributed by atoms with Gasteiger partial charge in [0.15, 0.2) is 11.6 Å². The van der Waals surface area contributed by atoms with E-state index in [-0.39, 0.29) is 18.3 Å². The van der Waals surface area contributed by atoms with Crippen LogP contribution in [-0.2, 0) is 23.7 Å². The SMILES string of the molecule is CCCCO[C@@H]1[C@H]2OC(C)(C)O[C@@H]2[C@@H](O)[C@@H]2OC(C)(C)O[C@@H]12. The average molecular weight is 316 g/mol. The molecule has 6 nitrogen and oxygen atoms in total. The molecule has 0 aromatic rings. The van der Waals surface area contributed by atoms with E-state index in [1.807, 2.05) is 27.7 Å². The van der Waals surface area contributed by atoms with Gasteiger partial charge in [-0.2, -0.15) is 0 Å². The molecule has 3 rings (SSSR count). The van der Waals surface area contributed by atoms with Gasteiger partial charge in [0.05, 0.1) is 0 Å². The highest BCUT2D eigenvalue weighted by atomic mass is 16.8. The van der Waals surface area contributed by atoms with E-state index in [0.29, 0.717) is 6.61 Å². The normalized spacial score (nSPS) is 45.5. The van der Waals surface area contributed by atoms with Crippen molar-refractivity contribution >= 4 is 0 Å². The number of aliphatic hydroxyl groups is 1. The molecular formula is C16H28O6. The van der Waals surface area contributed by atoms with Gasteiger partial charge in [-0.15, -0.1) is 0 Å². The molecule has 22 heavy (non-hydrogen) atoms. The standard InChI is InChI=1S/C16H28O6/c1-6-7-8-18-12-13-10(19-15(2,3)21-13)9(17)11-14(12)22-16(4,5)20-11/h9-14,17H,6-8H2,1-5H3/t9-,10-,11+,12-,13+,14-. The third-order valence-corrected chi connectivity index (χ3v) is 4.46. The summed E-state index contributed by atoms with van der Waals surface area (Å²) in [6, 6.07) is 0. The lowest BCUT2D eigenvalue weighted by atomic mass is 9.85. The Morgan fingerprint density at radius 1 is 0.864 bits per heavy atom. The quantitative estimate of drug-likeness (QED) is 0.795. The van der Waals surface area contributed by atoms with Crippen LogP contribution in [0.3, 0.4) is 0 Å². The molecule has 6 heteroatoms. The Hall–Kier alpha value is -0.240. The van der Waals surface area contributed by atoms with E-state index < -0.39 is 29.9 Å². The molecule has 1 saturated carbocycles. The molecule has 2 aliphatic heterocycles. The topological polar surface area (TPSA) is 66.4 Å². The minimum atomic E-state index is -0.787. The average Bonchev–Trinajstić information content (AvgIpc) is 2.90. The summed E-state index contributed by atoms with van der Waals surface area (Å²) in [5.41, 5.74) is 0. The second-order valence-corrected chi connectivity index (χ2v) is 7.31. The van der Waals surface area contributed by atoms with Crippen LogP contribution in [0, 0.1) is 0 Å². The summed E-state index contributed by atoms with van der Waals surface area (Å²) in [4.78, 5) is 0. The summed E-state index contributed by atoms with van der Waals surface area (Å²) in [5.74, 6) is -1.48. The van der Waals surface area contributed by atoms with Crippen LogP contribution >= 0.6 is 0 Å². The summed E-state index contributed by atoms with van der Waals surface area (Å²) in [7, 11) is 0. The highest BCUT2D eigenvalue weighted by Crippen LogP contribution is 2.45. The second-order valence-electron chi connectivity index (χ2n) is 7.31.